The van der Waals surface area contributed by atoms with E-state index < -0.39 is 16.1 Å². The molecular formula is C23H22ClN3O3S. The van der Waals surface area contributed by atoms with Crippen LogP contribution in [0.2, 0.25) is 5.02 Å². The first-order chi connectivity index (χ1) is 14.9. The second-order valence-corrected chi connectivity index (χ2v) is 10.2. The molecule has 2 heterocycles. The van der Waals surface area contributed by atoms with Gasteiger partial charge in [0.15, 0.2) is 0 Å². The van der Waals surface area contributed by atoms with Crippen LogP contribution in [0.25, 0.3) is 28.2 Å². The molecule has 2 N–H and O–H groups in total. The third-order valence-electron chi connectivity index (χ3n) is 5.79. The number of H-pyrrole nitrogens is 1. The summed E-state index contributed by atoms with van der Waals surface area (Å²) in [5.41, 5.74) is 5.10. The van der Waals surface area contributed by atoms with Crippen molar-refractivity contribution in [2.24, 2.45) is 0 Å². The van der Waals surface area contributed by atoms with Crippen molar-refractivity contribution in [3.05, 3.63) is 65.3 Å². The molecule has 0 radical (unpaired) electrons. The van der Waals surface area contributed by atoms with E-state index in [2.05, 4.69) is 22.1 Å². The highest BCUT2D eigenvalue weighted by Crippen LogP contribution is 2.38. The molecule has 0 amide bonds. The first kappa shape index (κ1) is 20.5. The van der Waals surface area contributed by atoms with Crippen LogP contribution in [0.3, 0.4) is 0 Å². The summed E-state index contributed by atoms with van der Waals surface area (Å²) in [7, 11) is -3.76. The number of aliphatic hydroxyl groups excluding tert-OH is 1. The van der Waals surface area contributed by atoms with Crippen molar-refractivity contribution in [1.82, 2.24) is 14.3 Å². The fourth-order valence-corrected chi connectivity index (χ4v) is 5.91. The standard InChI is InChI=1S/C23H22ClN3O3S/c24-20-8-7-16(13-22(20)31(29,30)27-11-9-17(28)10-12-27)23-25-14-21(26-23)19-4-2-1-3-18(19)15-5-6-15/h1-5,7-8,13-14,17,28H,6,9-12H2,(H,25,26). The zero-order valence-electron chi connectivity index (χ0n) is 16.8. The summed E-state index contributed by atoms with van der Waals surface area (Å²) >= 11 is 6.29. The number of halogens is 1. The maximum atomic E-state index is 13.2. The van der Waals surface area contributed by atoms with Crippen LogP contribution in [0, 0.1) is 0 Å². The second kappa shape index (κ2) is 7.91. The van der Waals surface area contributed by atoms with Gasteiger partial charge in [-0.25, -0.2) is 13.4 Å². The van der Waals surface area contributed by atoms with Crippen molar-refractivity contribution in [2.45, 2.75) is 30.3 Å². The summed E-state index contributed by atoms with van der Waals surface area (Å²) in [6, 6.07) is 13.1. The van der Waals surface area contributed by atoms with Crippen molar-refractivity contribution >= 4 is 27.2 Å². The van der Waals surface area contributed by atoms with Crippen LogP contribution in [0.15, 0.2) is 59.6 Å². The first-order valence-electron chi connectivity index (χ1n) is 10.3. The van der Waals surface area contributed by atoms with Crippen LogP contribution >= 0.6 is 11.6 Å². The molecule has 31 heavy (non-hydrogen) atoms. The third kappa shape index (κ3) is 3.94. The summed E-state index contributed by atoms with van der Waals surface area (Å²) in [4.78, 5) is 7.89. The lowest BCUT2D eigenvalue weighted by atomic mass is 10.0. The molecule has 1 fully saturated rings. The maximum absolute atomic E-state index is 13.2. The molecule has 5 rings (SSSR count). The second-order valence-electron chi connectivity index (χ2n) is 7.91. The Morgan fingerprint density at radius 3 is 2.52 bits per heavy atom. The predicted molar refractivity (Wildman–Crippen MR) is 121 cm³/mol. The van der Waals surface area contributed by atoms with Crippen LogP contribution in [-0.4, -0.2) is 47.0 Å². The Hall–Kier alpha value is -2.45. The van der Waals surface area contributed by atoms with Gasteiger partial charge in [-0.05, 0) is 48.6 Å². The molecule has 1 aliphatic carbocycles. The molecule has 0 saturated carbocycles. The monoisotopic (exact) mass is 455 g/mol. The van der Waals surface area contributed by atoms with E-state index in [1.807, 2.05) is 18.2 Å². The van der Waals surface area contributed by atoms with Gasteiger partial charge in [-0.3, -0.25) is 0 Å². The minimum Gasteiger partial charge on any atom is -0.393 e. The number of hydrogen-bond acceptors (Lipinski definition) is 4. The summed E-state index contributed by atoms with van der Waals surface area (Å²) in [5, 5.41) is 9.87. The summed E-state index contributed by atoms with van der Waals surface area (Å²) in [6.45, 7) is 0.559. The molecule has 2 aliphatic rings. The van der Waals surface area contributed by atoms with Gasteiger partial charge in [0.25, 0.3) is 0 Å². The van der Waals surface area contributed by atoms with Gasteiger partial charge < -0.3 is 10.1 Å². The van der Waals surface area contributed by atoms with Gasteiger partial charge in [-0.1, -0.05) is 41.9 Å². The highest BCUT2D eigenvalue weighted by Gasteiger charge is 2.30. The lowest BCUT2D eigenvalue weighted by molar-refractivity contribution is 0.113. The zero-order valence-corrected chi connectivity index (χ0v) is 18.3. The van der Waals surface area contributed by atoms with Gasteiger partial charge in [0.1, 0.15) is 10.7 Å². The van der Waals surface area contributed by atoms with E-state index in [-0.39, 0.29) is 23.0 Å². The number of sulfonamides is 1. The Labute approximate surface area is 186 Å². The highest BCUT2D eigenvalue weighted by molar-refractivity contribution is 7.89. The maximum Gasteiger partial charge on any atom is 0.244 e. The molecule has 1 saturated heterocycles. The number of piperidine rings is 1. The number of nitrogens with one attached hydrogen (secondary N) is 1. The largest absolute Gasteiger partial charge is 0.393 e. The quantitative estimate of drug-likeness (QED) is 0.599. The Morgan fingerprint density at radius 2 is 1.81 bits per heavy atom. The number of nitrogens with zero attached hydrogens (tertiary/aromatic N) is 2. The van der Waals surface area contributed by atoms with Crippen LogP contribution in [-0.2, 0) is 10.0 Å². The summed E-state index contributed by atoms with van der Waals surface area (Å²) in [6.07, 6.45) is 5.35. The highest BCUT2D eigenvalue weighted by atomic mass is 35.5. The molecule has 0 unspecified atom stereocenters. The minimum absolute atomic E-state index is 0.0598. The van der Waals surface area contributed by atoms with Crippen LogP contribution in [0.4, 0.5) is 0 Å². The normalized spacial score (nSPS) is 17.5. The smallest absolute Gasteiger partial charge is 0.244 e. The molecule has 1 aromatic heterocycles. The SMILES string of the molecule is O=S(=O)(c1cc(-c2ncc(-c3ccccc3C3=CC3)[nH]2)ccc1Cl)N1CCC(O)CC1. The molecule has 3 aromatic rings. The van der Waals surface area contributed by atoms with Crippen molar-refractivity contribution in [2.75, 3.05) is 13.1 Å². The Morgan fingerprint density at radius 1 is 1.10 bits per heavy atom. The summed E-state index contributed by atoms with van der Waals surface area (Å²) < 4.78 is 27.7. The topological polar surface area (TPSA) is 86.3 Å². The average Bonchev–Trinajstić information content (AvgIpc) is 3.51. The van der Waals surface area contributed by atoms with Gasteiger partial charge in [0.2, 0.25) is 10.0 Å². The van der Waals surface area contributed by atoms with E-state index >= 15 is 0 Å². The number of allylic oxidation sites excluding steroid dienone is 2. The number of hydrogen-bond donors (Lipinski definition) is 2. The van der Waals surface area contributed by atoms with E-state index in [4.69, 9.17) is 11.6 Å². The molecule has 0 spiro atoms. The van der Waals surface area contributed by atoms with Crippen molar-refractivity contribution in [1.29, 1.82) is 0 Å². The fraction of sp³-hybridized carbons (Fsp3) is 0.261. The lowest BCUT2D eigenvalue weighted by Gasteiger charge is -2.29. The number of aromatic amines is 1. The van der Waals surface area contributed by atoms with Crippen molar-refractivity contribution in [3.63, 3.8) is 0 Å². The summed E-state index contributed by atoms with van der Waals surface area (Å²) in [5.74, 6) is 0.580. The third-order valence-corrected chi connectivity index (χ3v) is 8.17. The zero-order chi connectivity index (χ0) is 21.6. The van der Waals surface area contributed by atoms with Crippen molar-refractivity contribution < 1.29 is 13.5 Å². The number of imidazole rings is 1. The Bertz CT molecular complexity index is 1270. The first-order valence-corrected chi connectivity index (χ1v) is 12.1. The van der Waals surface area contributed by atoms with Crippen molar-refractivity contribution in [3.8, 4) is 22.6 Å². The van der Waals surface area contributed by atoms with Crippen LogP contribution in [0.1, 0.15) is 24.8 Å². The molecule has 6 nitrogen and oxygen atoms in total. The number of benzene rings is 2. The fourth-order valence-electron chi connectivity index (χ4n) is 3.94. The van der Waals surface area contributed by atoms with Crippen LogP contribution in [0.5, 0.6) is 0 Å². The minimum atomic E-state index is -3.76. The number of rotatable bonds is 5. The average molecular weight is 456 g/mol. The molecule has 160 valence electrons. The molecule has 0 atom stereocenters. The molecule has 2 aromatic carbocycles. The van der Waals surface area contributed by atoms with Gasteiger partial charge in [-0.2, -0.15) is 4.31 Å². The molecule has 1 aliphatic heterocycles. The molecule has 8 heteroatoms. The molecular weight excluding hydrogens is 434 g/mol. The van der Waals surface area contributed by atoms with Gasteiger partial charge in [-0.15, -0.1) is 0 Å². The number of aromatic nitrogens is 2. The van der Waals surface area contributed by atoms with Gasteiger partial charge in [0, 0.05) is 24.2 Å². The van der Waals surface area contributed by atoms with E-state index in [1.54, 1.807) is 24.4 Å². The van der Waals surface area contributed by atoms with Gasteiger partial charge in [0.05, 0.1) is 23.0 Å². The van der Waals surface area contributed by atoms with E-state index in [9.17, 15) is 13.5 Å². The Kier molecular flexibility index (Phi) is 5.22. The molecule has 0 bridgehead atoms. The van der Waals surface area contributed by atoms with Gasteiger partial charge >= 0.3 is 0 Å². The van der Waals surface area contributed by atoms with E-state index in [0.717, 1.165) is 17.7 Å². The lowest BCUT2D eigenvalue weighted by Crippen LogP contribution is -2.40. The van der Waals surface area contributed by atoms with E-state index in [1.165, 1.54) is 15.4 Å². The Balaban J connectivity index is 1.49. The number of aliphatic hydroxyl groups is 1. The van der Waals surface area contributed by atoms with Crippen LogP contribution < -0.4 is 0 Å². The van der Waals surface area contributed by atoms with E-state index in [0.29, 0.717) is 24.2 Å². The predicted octanol–water partition coefficient (Wildman–Crippen LogP) is 4.33.